The molecule has 6 nitrogen and oxygen atoms in total. The summed E-state index contributed by atoms with van der Waals surface area (Å²) in [5.74, 6) is -21.6. The van der Waals surface area contributed by atoms with Crippen LogP contribution in [0.5, 0.6) is 0 Å². The Labute approximate surface area is 256 Å². The fourth-order valence-corrected chi connectivity index (χ4v) is 4.60. The van der Waals surface area contributed by atoms with E-state index in [4.69, 9.17) is 23.7 Å². The van der Waals surface area contributed by atoms with E-state index in [1.165, 1.54) is 12.1 Å². The van der Waals surface area contributed by atoms with Gasteiger partial charge in [0.05, 0.1) is 52.1 Å². The molecule has 4 rings (SSSR count). The SMILES string of the molecule is [C-]#[N+]C(=C1C(=C(C#N)c2c(F)c(C)c(C#N)c(F)c2F)C1=C(C#N)c1c(F)c(F)c([N+]#[C-])c(F)c1F)c1c(F)cc(C#N)c(F)c1F. The number of halogens is 10. The molecular weight excluding hydrogens is 646 g/mol. The Hall–Kier alpha value is -6.88. The van der Waals surface area contributed by atoms with Gasteiger partial charge in [0.2, 0.25) is 5.70 Å². The van der Waals surface area contributed by atoms with Gasteiger partial charge in [-0.2, -0.15) is 21.0 Å². The number of hydrogen-bond donors (Lipinski definition) is 0. The van der Waals surface area contributed by atoms with Gasteiger partial charge in [0.15, 0.2) is 46.5 Å². The average Bonchev–Trinajstić information content (AvgIpc) is 3.77. The highest BCUT2D eigenvalue weighted by Crippen LogP contribution is 2.58. The lowest BCUT2D eigenvalue weighted by Gasteiger charge is -2.09. The molecule has 3 aromatic carbocycles. The molecule has 0 aromatic heterocycles. The van der Waals surface area contributed by atoms with Gasteiger partial charge in [-0.15, -0.1) is 0 Å². The number of nitriles is 4. The molecule has 1 fully saturated rings. The van der Waals surface area contributed by atoms with Crippen LogP contribution in [-0.4, -0.2) is 0 Å². The normalized spacial score (nSPS) is 14.9. The van der Waals surface area contributed by atoms with Crippen molar-refractivity contribution in [1.29, 1.82) is 21.0 Å². The Morgan fingerprint density at radius 3 is 1.49 bits per heavy atom. The molecule has 3 aromatic rings. The van der Waals surface area contributed by atoms with Crippen LogP contribution >= 0.6 is 0 Å². The van der Waals surface area contributed by atoms with Crippen molar-refractivity contribution in [3.63, 3.8) is 0 Å². The standard InChI is InChI=1S/C31H4F10N6/c1-9-11(6-43)23(35)24(36)17(21(9)33)12(7-44)15-16(13(8-45)18-25(37)28(40)31(47-3)29(41)26(18)38)20(15)30(46-2)19-14(32)4-10(5-42)22(34)27(19)39/h4H,1H3. The summed E-state index contributed by atoms with van der Waals surface area (Å²) in [5, 5.41) is 37.8. The quantitative estimate of drug-likeness (QED) is 0.123. The van der Waals surface area contributed by atoms with E-state index < -0.39 is 131 Å². The zero-order valence-corrected chi connectivity index (χ0v) is 22.5. The molecule has 0 heterocycles. The molecular formula is C31H4F10N6. The second kappa shape index (κ2) is 11.9. The maximum Gasteiger partial charge on any atom is 0.262 e. The third-order valence-electron chi connectivity index (χ3n) is 6.79. The molecule has 1 saturated carbocycles. The van der Waals surface area contributed by atoms with E-state index in [0.717, 1.165) is 19.1 Å². The summed E-state index contributed by atoms with van der Waals surface area (Å²) < 4.78 is 149. The molecule has 0 radical (unpaired) electrons. The molecule has 0 N–H and O–H groups in total. The molecule has 0 atom stereocenters. The molecule has 47 heavy (non-hydrogen) atoms. The molecule has 0 bridgehead atoms. The third-order valence-corrected chi connectivity index (χ3v) is 6.79. The summed E-state index contributed by atoms with van der Waals surface area (Å²) in [6.07, 6.45) is 0. The van der Waals surface area contributed by atoms with Gasteiger partial charge >= 0.3 is 0 Å². The largest absolute Gasteiger partial charge is 0.262 e. The first-order valence-electron chi connectivity index (χ1n) is 12.0. The first-order valence-corrected chi connectivity index (χ1v) is 12.0. The summed E-state index contributed by atoms with van der Waals surface area (Å²) in [6, 6.07) is 4.70. The Bertz CT molecular complexity index is 2200. The summed E-state index contributed by atoms with van der Waals surface area (Å²) in [5.41, 5.74) is -18.1. The number of hydrogen-bond acceptors (Lipinski definition) is 4. The van der Waals surface area contributed by atoms with Crippen LogP contribution in [-0.2, 0) is 0 Å². The minimum Gasteiger partial charge on any atom is -0.237 e. The zero-order valence-electron chi connectivity index (χ0n) is 22.5. The van der Waals surface area contributed by atoms with Crippen molar-refractivity contribution in [2.45, 2.75) is 6.92 Å². The van der Waals surface area contributed by atoms with Gasteiger partial charge in [-0.1, -0.05) is 0 Å². The monoisotopic (exact) mass is 650 g/mol. The van der Waals surface area contributed by atoms with E-state index in [1.54, 1.807) is 0 Å². The fraction of sp³-hybridized carbons (Fsp3) is 0.0323. The van der Waals surface area contributed by atoms with Crippen molar-refractivity contribution in [2.24, 2.45) is 0 Å². The number of allylic oxidation sites excluding steroid dienone is 5. The highest BCUT2D eigenvalue weighted by Gasteiger charge is 2.45. The van der Waals surface area contributed by atoms with Crippen molar-refractivity contribution in [2.75, 3.05) is 0 Å². The molecule has 228 valence electrons. The molecule has 0 amide bonds. The summed E-state index contributed by atoms with van der Waals surface area (Å²) in [4.78, 5) is 5.11. The van der Waals surface area contributed by atoms with Crippen LogP contribution in [0, 0.1) is 124 Å². The van der Waals surface area contributed by atoms with Crippen molar-refractivity contribution >= 4 is 22.5 Å². The maximum atomic E-state index is 15.4. The predicted molar refractivity (Wildman–Crippen MR) is 138 cm³/mol. The summed E-state index contributed by atoms with van der Waals surface area (Å²) in [7, 11) is 0. The van der Waals surface area contributed by atoms with Crippen LogP contribution < -0.4 is 0 Å². The molecule has 1 aliphatic carbocycles. The van der Waals surface area contributed by atoms with Crippen LogP contribution in [0.15, 0.2) is 22.8 Å². The second-order valence-electron chi connectivity index (χ2n) is 9.10. The topological polar surface area (TPSA) is 104 Å². The molecule has 0 spiro atoms. The van der Waals surface area contributed by atoms with Crippen molar-refractivity contribution in [1.82, 2.24) is 0 Å². The summed E-state index contributed by atoms with van der Waals surface area (Å²) in [6.45, 7) is 15.0. The van der Waals surface area contributed by atoms with E-state index in [0.29, 0.717) is 0 Å². The Balaban J connectivity index is 2.35. The van der Waals surface area contributed by atoms with E-state index in [2.05, 4.69) is 9.69 Å². The van der Waals surface area contributed by atoms with Crippen molar-refractivity contribution in [3.8, 4) is 24.3 Å². The lowest BCUT2D eigenvalue weighted by atomic mass is 9.96. The first kappa shape index (κ1) is 33.0. The average molecular weight is 650 g/mol. The van der Waals surface area contributed by atoms with Gasteiger partial charge in [-0.25, -0.2) is 53.6 Å². The number of nitrogens with zero attached hydrogens (tertiary/aromatic N) is 6. The lowest BCUT2D eigenvalue weighted by molar-refractivity contribution is 0.457. The van der Waals surface area contributed by atoms with E-state index >= 15 is 26.3 Å². The van der Waals surface area contributed by atoms with Gasteiger partial charge in [-0.05, 0) is 29.7 Å². The molecule has 1 aliphatic rings. The van der Waals surface area contributed by atoms with Crippen LogP contribution in [0.25, 0.3) is 26.5 Å². The van der Waals surface area contributed by atoms with Crippen LogP contribution in [0.1, 0.15) is 33.4 Å². The molecule has 16 heteroatoms. The molecule has 0 unspecified atom stereocenters. The molecule has 0 aliphatic heterocycles. The van der Waals surface area contributed by atoms with Gasteiger partial charge in [0.25, 0.3) is 5.69 Å². The first-order chi connectivity index (χ1) is 22.2. The molecule has 0 saturated heterocycles. The van der Waals surface area contributed by atoms with Crippen LogP contribution in [0.3, 0.4) is 0 Å². The van der Waals surface area contributed by atoms with Crippen LogP contribution in [0.2, 0.25) is 0 Å². The second-order valence-corrected chi connectivity index (χ2v) is 9.10. The van der Waals surface area contributed by atoms with Gasteiger partial charge in [-0.3, -0.25) is 0 Å². The van der Waals surface area contributed by atoms with Gasteiger partial charge in [0, 0.05) is 5.56 Å². The highest BCUT2D eigenvalue weighted by atomic mass is 19.2. The van der Waals surface area contributed by atoms with E-state index in [9.17, 15) is 28.1 Å². The predicted octanol–water partition coefficient (Wildman–Crippen LogP) is 8.28. The Morgan fingerprint density at radius 2 is 1.06 bits per heavy atom. The fourth-order valence-electron chi connectivity index (χ4n) is 4.60. The number of benzene rings is 3. The highest BCUT2D eigenvalue weighted by molar-refractivity contribution is 6.11. The Morgan fingerprint density at radius 1 is 0.596 bits per heavy atom. The third kappa shape index (κ3) is 4.70. The van der Waals surface area contributed by atoms with Gasteiger partial charge < -0.3 is 0 Å². The maximum absolute atomic E-state index is 15.4. The van der Waals surface area contributed by atoms with Crippen molar-refractivity contribution < 1.29 is 43.9 Å². The number of rotatable bonds is 3. The minimum atomic E-state index is -2.40. The van der Waals surface area contributed by atoms with Crippen LogP contribution in [0.4, 0.5) is 49.6 Å². The van der Waals surface area contributed by atoms with Crippen molar-refractivity contribution in [3.05, 3.63) is 137 Å². The minimum absolute atomic E-state index is 0.108. The van der Waals surface area contributed by atoms with E-state index in [1.807, 2.05) is 0 Å². The van der Waals surface area contributed by atoms with E-state index in [-0.39, 0.29) is 6.07 Å². The Kier molecular flexibility index (Phi) is 8.36. The van der Waals surface area contributed by atoms with Gasteiger partial charge in [0.1, 0.15) is 35.9 Å². The summed E-state index contributed by atoms with van der Waals surface area (Å²) >= 11 is 0. The lowest BCUT2D eigenvalue weighted by Crippen LogP contribution is -2.05. The zero-order chi connectivity index (χ0) is 35.2. The smallest absolute Gasteiger partial charge is 0.237 e.